The summed E-state index contributed by atoms with van der Waals surface area (Å²) in [6.07, 6.45) is 2.59. The zero-order valence-electron chi connectivity index (χ0n) is 12.3. The first-order valence-corrected chi connectivity index (χ1v) is 8.48. The van der Waals surface area contributed by atoms with Gasteiger partial charge in [0.1, 0.15) is 0 Å². The van der Waals surface area contributed by atoms with E-state index in [1.165, 1.54) is 5.56 Å². The zero-order chi connectivity index (χ0) is 14.5. The van der Waals surface area contributed by atoms with Gasteiger partial charge >= 0.3 is 0 Å². The minimum Gasteiger partial charge on any atom is -0.208 e. The van der Waals surface area contributed by atoms with Crippen LogP contribution in [0.25, 0.3) is 0 Å². The molecular formula is C15H25NO2S. The van der Waals surface area contributed by atoms with Crippen LogP contribution in [0.3, 0.4) is 0 Å². The maximum Gasteiger partial charge on any atom is 0.240 e. The molecule has 0 aliphatic carbocycles. The largest absolute Gasteiger partial charge is 0.240 e. The smallest absolute Gasteiger partial charge is 0.208 e. The van der Waals surface area contributed by atoms with Gasteiger partial charge in [-0.3, -0.25) is 0 Å². The Morgan fingerprint density at radius 2 is 1.58 bits per heavy atom. The molecule has 0 unspecified atom stereocenters. The molecule has 1 rings (SSSR count). The molecule has 108 valence electrons. The summed E-state index contributed by atoms with van der Waals surface area (Å²) < 4.78 is 27.1. The number of rotatable bonds is 7. The third-order valence-corrected chi connectivity index (χ3v) is 4.72. The van der Waals surface area contributed by atoms with Gasteiger partial charge < -0.3 is 0 Å². The first-order chi connectivity index (χ1) is 8.89. The maximum absolute atomic E-state index is 12.2. The van der Waals surface area contributed by atoms with E-state index in [-0.39, 0.29) is 6.04 Å². The molecule has 0 spiro atoms. The Bertz CT molecular complexity index is 473. The summed E-state index contributed by atoms with van der Waals surface area (Å²) in [5.74, 6) is 0.574. The predicted molar refractivity (Wildman–Crippen MR) is 79.7 cm³/mol. The third-order valence-electron chi connectivity index (χ3n) is 3.19. The SMILES string of the molecule is CCC(CC)NS(=O)(=O)c1ccc(CC(C)C)cc1. The van der Waals surface area contributed by atoms with Crippen LogP contribution in [0.1, 0.15) is 46.1 Å². The molecular weight excluding hydrogens is 258 g/mol. The van der Waals surface area contributed by atoms with E-state index in [2.05, 4.69) is 18.6 Å². The molecule has 0 bridgehead atoms. The summed E-state index contributed by atoms with van der Waals surface area (Å²) in [4.78, 5) is 0.354. The molecule has 1 aromatic rings. The Labute approximate surface area is 117 Å². The molecule has 1 N–H and O–H groups in total. The quantitative estimate of drug-likeness (QED) is 0.834. The number of hydrogen-bond acceptors (Lipinski definition) is 2. The van der Waals surface area contributed by atoms with Gasteiger partial charge in [-0.2, -0.15) is 0 Å². The van der Waals surface area contributed by atoms with Crippen molar-refractivity contribution in [3.05, 3.63) is 29.8 Å². The summed E-state index contributed by atoms with van der Waals surface area (Å²) in [5.41, 5.74) is 1.18. The molecule has 0 saturated heterocycles. The molecule has 0 amide bonds. The van der Waals surface area contributed by atoms with Gasteiger partial charge in [0, 0.05) is 6.04 Å². The highest BCUT2D eigenvalue weighted by Gasteiger charge is 2.17. The highest BCUT2D eigenvalue weighted by molar-refractivity contribution is 7.89. The third kappa shape index (κ3) is 4.96. The van der Waals surface area contributed by atoms with E-state index in [1.54, 1.807) is 12.1 Å². The van der Waals surface area contributed by atoms with E-state index in [0.29, 0.717) is 10.8 Å². The summed E-state index contributed by atoms with van der Waals surface area (Å²) in [6, 6.07) is 7.22. The lowest BCUT2D eigenvalue weighted by molar-refractivity contribution is 0.530. The van der Waals surface area contributed by atoms with Crippen molar-refractivity contribution >= 4 is 10.0 Å². The Morgan fingerprint density at radius 3 is 2.00 bits per heavy atom. The average molecular weight is 283 g/mol. The van der Waals surface area contributed by atoms with Gasteiger partial charge in [0.05, 0.1) is 4.90 Å². The maximum atomic E-state index is 12.2. The Morgan fingerprint density at radius 1 is 1.05 bits per heavy atom. The number of nitrogens with one attached hydrogen (secondary N) is 1. The highest BCUT2D eigenvalue weighted by Crippen LogP contribution is 2.14. The Balaban J connectivity index is 2.84. The van der Waals surface area contributed by atoms with Crippen LogP contribution in [0.5, 0.6) is 0 Å². The predicted octanol–water partition coefficient (Wildman–Crippen LogP) is 3.35. The second kappa shape index (κ2) is 7.06. The van der Waals surface area contributed by atoms with Crippen LogP contribution in [0.15, 0.2) is 29.2 Å². The second-order valence-corrected chi connectivity index (χ2v) is 7.09. The van der Waals surface area contributed by atoms with E-state index < -0.39 is 10.0 Å². The summed E-state index contributed by atoms with van der Waals surface area (Å²) in [6.45, 7) is 8.28. The zero-order valence-corrected chi connectivity index (χ0v) is 13.1. The van der Waals surface area contributed by atoms with Crippen LogP contribution in [0, 0.1) is 5.92 Å². The molecule has 0 radical (unpaired) electrons. The lowest BCUT2D eigenvalue weighted by atomic mass is 10.0. The monoisotopic (exact) mass is 283 g/mol. The molecule has 0 aromatic heterocycles. The van der Waals surface area contributed by atoms with Gasteiger partial charge in [-0.1, -0.05) is 39.8 Å². The van der Waals surface area contributed by atoms with Gasteiger partial charge in [-0.05, 0) is 42.9 Å². The fourth-order valence-corrected chi connectivity index (χ4v) is 3.42. The number of hydrogen-bond donors (Lipinski definition) is 1. The van der Waals surface area contributed by atoms with Crippen LogP contribution in [-0.4, -0.2) is 14.5 Å². The Kier molecular flexibility index (Phi) is 6.01. The fraction of sp³-hybridized carbons (Fsp3) is 0.600. The van der Waals surface area contributed by atoms with Crippen LogP contribution in [0.2, 0.25) is 0 Å². The minimum atomic E-state index is -3.38. The van der Waals surface area contributed by atoms with Crippen LogP contribution < -0.4 is 4.72 Å². The van der Waals surface area contributed by atoms with E-state index in [1.807, 2.05) is 26.0 Å². The molecule has 0 aliphatic rings. The van der Waals surface area contributed by atoms with E-state index in [4.69, 9.17) is 0 Å². The average Bonchev–Trinajstić information content (AvgIpc) is 2.36. The van der Waals surface area contributed by atoms with E-state index in [9.17, 15) is 8.42 Å². The topological polar surface area (TPSA) is 46.2 Å². The van der Waals surface area contributed by atoms with Crippen molar-refractivity contribution in [2.45, 2.75) is 57.9 Å². The summed E-state index contributed by atoms with van der Waals surface area (Å²) in [5, 5.41) is 0. The minimum absolute atomic E-state index is 0.0142. The van der Waals surface area contributed by atoms with Gasteiger partial charge in [0.25, 0.3) is 0 Å². The highest BCUT2D eigenvalue weighted by atomic mass is 32.2. The summed E-state index contributed by atoms with van der Waals surface area (Å²) >= 11 is 0. The fourth-order valence-electron chi connectivity index (χ4n) is 2.02. The number of benzene rings is 1. The van der Waals surface area contributed by atoms with Crippen molar-refractivity contribution in [3.8, 4) is 0 Å². The Hall–Kier alpha value is -0.870. The van der Waals surface area contributed by atoms with Gasteiger partial charge in [0.2, 0.25) is 10.0 Å². The second-order valence-electron chi connectivity index (χ2n) is 5.38. The van der Waals surface area contributed by atoms with Crippen molar-refractivity contribution in [2.24, 2.45) is 5.92 Å². The van der Waals surface area contributed by atoms with Crippen LogP contribution in [-0.2, 0) is 16.4 Å². The standard InChI is InChI=1S/C15H25NO2S/c1-5-14(6-2)16-19(17,18)15-9-7-13(8-10-15)11-12(3)4/h7-10,12,14,16H,5-6,11H2,1-4H3. The summed E-state index contributed by atoms with van der Waals surface area (Å²) in [7, 11) is -3.38. The van der Waals surface area contributed by atoms with Gasteiger partial charge in [0.15, 0.2) is 0 Å². The van der Waals surface area contributed by atoms with Gasteiger partial charge in [-0.15, -0.1) is 0 Å². The lowest BCUT2D eigenvalue weighted by Gasteiger charge is -2.15. The van der Waals surface area contributed by atoms with Crippen molar-refractivity contribution in [1.29, 1.82) is 0 Å². The van der Waals surface area contributed by atoms with E-state index in [0.717, 1.165) is 19.3 Å². The molecule has 0 fully saturated rings. The number of sulfonamides is 1. The van der Waals surface area contributed by atoms with Crippen molar-refractivity contribution < 1.29 is 8.42 Å². The first kappa shape index (κ1) is 16.2. The molecule has 0 heterocycles. The lowest BCUT2D eigenvalue weighted by Crippen LogP contribution is -2.33. The molecule has 19 heavy (non-hydrogen) atoms. The van der Waals surface area contributed by atoms with E-state index >= 15 is 0 Å². The molecule has 0 atom stereocenters. The molecule has 0 aliphatic heterocycles. The van der Waals surface area contributed by atoms with Crippen molar-refractivity contribution in [1.82, 2.24) is 4.72 Å². The normalized spacial score (nSPS) is 12.3. The first-order valence-electron chi connectivity index (χ1n) is 7.00. The van der Waals surface area contributed by atoms with Gasteiger partial charge in [-0.25, -0.2) is 13.1 Å². The van der Waals surface area contributed by atoms with Crippen molar-refractivity contribution in [3.63, 3.8) is 0 Å². The molecule has 3 nitrogen and oxygen atoms in total. The van der Waals surface area contributed by atoms with Crippen molar-refractivity contribution in [2.75, 3.05) is 0 Å². The molecule has 0 saturated carbocycles. The van der Waals surface area contributed by atoms with Crippen LogP contribution >= 0.6 is 0 Å². The van der Waals surface area contributed by atoms with Crippen LogP contribution in [0.4, 0.5) is 0 Å². The molecule has 4 heteroatoms. The molecule has 1 aromatic carbocycles.